The quantitative estimate of drug-likeness (QED) is 0.740. The summed E-state index contributed by atoms with van der Waals surface area (Å²) in [6.45, 7) is 1.82. The number of rotatable bonds is 3. The predicted octanol–water partition coefficient (Wildman–Crippen LogP) is 2.71. The summed E-state index contributed by atoms with van der Waals surface area (Å²) in [5.74, 6) is 0.652. The van der Waals surface area contributed by atoms with Gasteiger partial charge in [-0.15, -0.1) is 0 Å². The summed E-state index contributed by atoms with van der Waals surface area (Å²) in [6.07, 6.45) is 4.39. The molecule has 0 amide bonds. The molecule has 1 atom stereocenters. The SMILES string of the molecule is Cc1nc([C@@H](N)Cc2c[nH]c3ccccc23)co1. The molecule has 2 heterocycles. The van der Waals surface area contributed by atoms with E-state index in [2.05, 4.69) is 22.1 Å². The zero-order valence-corrected chi connectivity index (χ0v) is 10.2. The Hall–Kier alpha value is -2.07. The number of aryl methyl sites for hydroxylation is 1. The van der Waals surface area contributed by atoms with E-state index >= 15 is 0 Å². The highest BCUT2D eigenvalue weighted by molar-refractivity contribution is 5.83. The molecule has 4 nitrogen and oxygen atoms in total. The lowest BCUT2D eigenvalue weighted by atomic mass is 10.0. The van der Waals surface area contributed by atoms with E-state index in [1.54, 1.807) is 6.26 Å². The second-order valence-electron chi connectivity index (χ2n) is 4.46. The summed E-state index contributed by atoms with van der Waals surface area (Å²) in [4.78, 5) is 7.52. The van der Waals surface area contributed by atoms with Gasteiger partial charge in [-0.1, -0.05) is 18.2 Å². The van der Waals surface area contributed by atoms with Crippen molar-refractivity contribution in [3.63, 3.8) is 0 Å². The molecule has 0 bridgehead atoms. The monoisotopic (exact) mass is 241 g/mol. The van der Waals surface area contributed by atoms with Gasteiger partial charge in [0, 0.05) is 24.0 Å². The molecule has 92 valence electrons. The fraction of sp³-hybridized carbons (Fsp3) is 0.214. The van der Waals surface area contributed by atoms with Crippen LogP contribution in [-0.4, -0.2) is 9.97 Å². The fourth-order valence-electron chi connectivity index (χ4n) is 2.19. The van der Waals surface area contributed by atoms with Gasteiger partial charge in [-0.2, -0.15) is 0 Å². The highest BCUT2D eigenvalue weighted by Gasteiger charge is 2.13. The van der Waals surface area contributed by atoms with Crippen molar-refractivity contribution in [3.8, 4) is 0 Å². The standard InChI is InChI=1S/C14H15N3O/c1-9-17-14(8-18-9)12(15)6-10-7-16-13-5-3-2-4-11(10)13/h2-5,7-8,12,16H,6,15H2,1H3/t12-/m0/s1. The van der Waals surface area contributed by atoms with Crippen LogP contribution in [0.4, 0.5) is 0 Å². The maximum absolute atomic E-state index is 6.15. The molecule has 3 rings (SSSR count). The van der Waals surface area contributed by atoms with E-state index < -0.39 is 0 Å². The largest absolute Gasteiger partial charge is 0.449 e. The van der Waals surface area contributed by atoms with Crippen LogP contribution in [0.2, 0.25) is 0 Å². The lowest BCUT2D eigenvalue weighted by Crippen LogP contribution is -2.13. The second kappa shape index (κ2) is 4.31. The Balaban J connectivity index is 1.88. The Kier molecular flexibility index (Phi) is 2.64. The third-order valence-corrected chi connectivity index (χ3v) is 3.13. The number of hydrogen-bond donors (Lipinski definition) is 2. The normalized spacial score (nSPS) is 13.0. The molecule has 0 aliphatic heterocycles. The van der Waals surface area contributed by atoms with Gasteiger partial charge in [0.15, 0.2) is 5.89 Å². The average Bonchev–Trinajstić information content (AvgIpc) is 2.97. The first-order valence-electron chi connectivity index (χ1n) is 5.96. The van der Waals surface area contributed by atoms with Crippen LogP contribution in [0.25, 0.3) is 10.9 Å². The number of nitrogens with two attached hydrogens (primary N) is 1. The van der Waals surface area contributed by atoms with Crippen LogP contribution in [0.5, 0.6) is 0 Å². The molecule has 0 aliphatic rings. The first-order chi connectivity index (χ1) is 8.74. The van der Waals surface area contributed by atoms with Crippen LogP contribution in [0.15, 0.2) is 41.1 Å². The molecule has 2 aromatic heterocycles. The molecule has 0 spiro atoms. The highest BCUT2D eigenvalue weighted by Crippen LogP contribution is 2.22. The number of para-hydroxylation sites is 1. The van der Waals surface area contributed by atoms with Crippen LogP contribution in [-0.2, 0) is 6.42 Å². The average molecular weight is 241 g/mol. The summed E-state index contributed by atoms with van der Waals surface area (Å²) >= 11 is 0. The van der Waals surface area contributed by atoms with Gasteiger partial charge in [0.05, 0.1) is 11.7 Å². The van der Waals surface area contributed by atoms with E-state index in [1.807, 2.05) is 25.3 Å². The summed E-state index contributed by atoms with van der Waals surface area (Å²) in [5.41, 5.74) is 9.30. The van der Waals surface area contributed by atoms with E-state index in [0.717, 1.165) is 17.6 Å². The molecule has 0 radical (unpaired) electrons. The summed E-state index contributed by atoms with van der Waals surface area (Å²) < 4.78 is 5.19. The molecular formula is C14H15N3O. The van der Waals surface area contributed by atoms with Crippen molar-refractivity contribution in [2.45, 2.75) is 19.4 Å². The number of benzene rings is 1. The highest BCUT2D eigenvalue weighted by atomic mass is 16.3. The summed E-state index contributed by atoms with van der Waals surface area (Å²) in [5, 5.41) is 1.22. The molecule has 0 saturated heterocycles. The number of oxazole rings is 1. The Morgan fingerprint density at radius 2 is 2.22 bits per heavy atom. The van der Waals surface area contributed by atoms with E-state index in [0.29, 0.717) is 5.89 Å². The molecule has 0 unspecified atom stereocenters. The minimum Gasteiger partial charge on any atom is -0.449 e. The lowest BCUT2D eigenvalue weighted by molar-refractivity contribution is 0.519. The van der Waals surface area contributed by atoms with E-state index in [9.17, 15) is 0 Å². The van der Waals surface area contributed by atoms with E-state index in [4.69, 9.17) is 10.2 Å². The van der Waals surface area contributed by atoms with Gasteiger partial charge < -0.3 is 15.1 Å². The van der Waals surface area contributed by atoms with Gasteiger partial charge in [-0.05, 0) is 18.1 Å². The molecule has 3 N–H and O–H groups in total. The van der Waals surface area contributed by atoms with Crippen molar-refractivity contribution in [3.05, 3.63) is 53.9 Å². The number of H-pyrrole nitrogens is 1. The maximum atomic E-state index is 6.15. The topological polar surface area (TPSA) is 67.8 Å². The first kappa shape index (κ1) is 11.0. The first-order valence-corrected chi connectivity index (χ1v) is 5.96. The minimum absolute atomic E-state index is 0.137. The lowest BCUT2D eigenvalue weighted by Gasteiger charge is -2.06. The Morgan fingerprint density at radius 1 is 1.39 bits per heavy atom. The van der Waals surface area contributed by atoms with Crippen LogP contribution in [0, 0.1) is 6.92 Å². The fourth-order valence-corrected chi connectivity index (χ4v) is 2.19. The number of fused-ring (bicyclic) bond motifs is 1. The molecule has 3 aromatic rings. The van der Waals surface area contributed by atoms with Gasteiger partial charge in [-0.3, -0.25) is 0 Å². The van der Waals surface area contributed by atoms with Crippen molar-refractivity contribution < 1.29 is 4.42 Å². The minimum atomic E-state index is -0.137. The van der Waals surface area contributed by atoms with Gasteiger partial charge in [0.25, 0.3) is 0 Å². The third-order valence-electron chi connectivity index (χ3n) is 3.13. The van der Waals surface area contributed by atoms with Crippen molar-refractivity contribution in [1.82, 2.24) is 9.97 Å². The van der Waals surface area contributed by atoms with E-state index in [1.165, 1.54) is 10.9 Å². The predicted molar refractivity (Wildman–Crippen MR) is 70.2 cm³/mol. The maximum Gasteiger partial charge on any atom is 0.191 e. The molecule has 1 aromatic carbocycles. The Bertz CT molecular complexity index is 668. The van der Waals surface area contributed by atoms with Gasteiger partial charge in [-0.25, -0.2) is 4.98 Å². The zero-order valence-electron chi connectivity index (χ0n) is 10.2. The summed E-state index contributed by atoms with van der Waals surface area (Å²) in [6, 6.07) is 8.07. The molecule has 0 fully saturated rings. The van der Waals surface area contributed by atoms with Crippen LogP contribution >= 0.6 is 0 Å². The number of hydrogen-bond acceptors (Lipinski definition) is 3. The van der Waals surface area contributed by atoms with Gasteiger partial charge >= 0.3 is 0 Å². The van der Waals surface area contributed by atoms with Crippen LogP contribution < -0.4 is 5.73 Å². The van der Waals surface area contributed by atoms with Gasteiger partial charge in [0.2, 0.25) is 0 Å². The van der Waals surface area contributed by atoms with E-state index in [-0.39, 0.29) is 6.04 Å². The molecule has 0 aliphatic carbocycles. The van der Waals surface area contributed by atoms with Crippen LogP contribution in [0.1, 0.15) is 23.2 Å². The number of nitrogens with one attached hydrogen (secondary N) is 1. The molecule has 4 heteroatoms. The van der Waals surface area contributed by atoms with Crippen molar-refractivity contribution >= 4 is 10.9 Å². The molecule has 0 saturated carbocycles. The number of aromatic nitrogens is 2. The molecular weight excluding hydrogens is 226 g/mol. The number of aromatic amines is 1. The second-order valence-corrected chi connectivity index (χ2v) is 4.46. The third kappa shape index (κ3) is 1.91. The molecule has 18 heavy (non-hydrogen) atoms. The summed E-state index contributed by atoms with van der Waals surface area (Å²) in [7, 11) is 0. The smallest absolute Gasteiger partial charge is 0.191 e. The van der Waals surface area contributed by atoms with Crippen molar-refractivity contribution in [2.75, 3.05) is 0 Å². The van der Waals surface area contributed by atoms with Crippen molar-refractivity contribution in [1.29, 1.82) is 0 Å². The van der Waals surface area contributed by atoms with Gasteiger partial charge in [0.1, 0.15) is 6.26 Å². The number of nitrogens with zero attached hydrogens (tertiary/aromatic N) is 1. The zero-order chi connectivity index (χ0) is 12.5. The van der Waals surface area contributed by atoms with Crippen molar-refractivity contribution in [2.24, 2.45) is 5.73 Å². The Labute approximate surface area is 105 Å². The van der Waals surface area contributed by atoms with Crippen LogP contribution in [0.3, 0.4) is 0 Å². The Morgan fingerprint density at radius 3 is 3.00 bits per heavy atom.